The number of hydrogen-bond donors (Lipinski definition) is 1. The summed E-state index contributed by atoms with van der Waals surface area (Å²) in [5, 5.41) is 9.92. The van der Waals surface area contributed by atoms with Crippen LogP contribution in [0.5, 0.6) is 0 Å². The summed E-state index contributed by atoms with van der Waals surface area (Å²) in [6, 6.07) is 17.1. The Hall–Kier alpha value is -3.32. The minimum atomic E-state index is -0.245. The monoisotopic (exact) mass is 389 g/mol. The summed E-state index contributed by atoms with van der Waals surface area (Å²) in [7, 11) is 0. The number of benzene rings is 1. The van der Waals surface area contributed by atoms with Crippen LogP contribution in [0.3, 0.4) is 0 Å². The molecule has 0 fully saturated rings. The highest BCUT2D eigenvalue weighted by Crippen LogP contribution is 2.24. The number of thiazole rings is 1. The van der Waals surface area contributed by atoms with Crippen LogP contribution in [0.25, 0.3) is 17.1 Å². The molecule has 4 aromatic rings. The van der Waals surface area contributed by atoms with Gasteiger partial charge in [-0.2, -0.15) is 5.10 Å². The number of nitrogens with zero attached hydrogens (tertiary/aromatic N) is 4. The van der Waals surface area contributed by atoms with Gasteiger partial charge >= 0.3 is 0 Å². The van der Waals surface area contributed by atoms with Crippen molar-refractivity contribution in [3.63, 3.8) is 0 Å². The van der Waals surface area contributed by atoms with Gasteiger partial charge in [0.25, 0.3) is 5.91 Å². The Balaban J connectivity index is 1.63. The quantitative estimate of drug-likeness (QED) is 0.534. The summed E-state index contributed by atoms with van der Waals surface area (Å²) in [5.41, 5.74) is 3.69. The Bertz CT molecular complexity index is 1090. The number of aromatic nitrogens is 4. The van der Waals surface area contributed by atoms with Gasteiger partial charge in [0.1, 0.15) is 11.4 Å². The van der Waals surface area contributed by atoms with Crippen LogP contribution in [-0.2, 0) is 0 Å². The van der Waals surface area contributed by atoms with Gasteiger partial charge < -0.3 is 0 Å². The normalized spacial score (nSPS) is 11.0. The first-order chi connectivity index (χ1) is 13.6. The molecule has 0 spiro atoms. The maximum absolute atomic E-state index is 13.0. The fourth-order valence-corrected chi connectivity index (χ4v) is 3.43. The lowest BCUT2D eigenvalue weighted by molar-refractivity contribution is 0.101. The molecule has 140 valence electrons. The predicted octanol–water partition coefficient (Wildman–Crippen LogP) is 4.77. The van der Waals surface area contributed by atoms with Gasteiger partial charge in [-0.3, -0.25) is 15.1 Å². The lowest BCUT2D eigenvalue weighted by Crippen LogP contribution is -2.16. The third kappa shape index (κ3) is 3.70. The molecular formula is C21H19N5OS. The van der Waals surface area contributed by atoms with E-state index in [0.29, 0.717) is 10.8 Å². The van der Waals surface area contributed by atoms with Crippen LogP contribution in [0.4, 0.5) is 5.13 Å². The molecule has 1 amide bonds. The molecule has 1 aromatic carbocycles. The van der Waals surface area contributed by atoms with E-state index in [1.54, 1.807) is 10.9 Å². The summed E-state index contributed by atoms with van der Waals surface area (Å²) in [4.78, 5) is 21.7. The Morgan fingerprint density at radius 2 is 1.86 bits per heavy atom. The van der Waals surface area contributed by atoms with E-state index in [1.807, 2.05) is 60.0 Å². The highest BCUT2D eigenvalue weighted by atomic mass is 32.1. The van der Waals surface area contributed by atoms with Crippen LogP contribution in [0, 0.1) is 0 Å². The molecule has 4 rings (SSSR count). The molecule has 0 aliphatic carbocycles. The molecule has 0 aliphatic heterocycles. The maximum atomic E-state index is 13.0. The zero-order valence-electron chi connectivity index (χ0n) is 15.5. The molecule has 0 unspecified atom stereocenters. The SMILES string of the molecule is CC(C)c1cc(C(=O)Nc2nc(-c3ccccn3)cs2)n(-c2ccccc2)n1. The number of hydrogen-bond acceptors (Lipinski definition) is 5. The molecule has 3 heterocycles. The Morgan fingerprint density at radius 3 is 2.57 bits per heavy atom. The van der Waals surface area contributed by atoms with Gasteiger partial charge in [0, 0.05) is 11.6 Å². The van der Waals surface area contributed by atoms with Crippen molar-refractivity contribution in [3.8, 4) is 17.1 Å². The zero-order chi connectivity index (χ0) is 19.5. The molecule has 0 bridgehead atoms. The van der Waals surface area contributed by atoms with Gasteiger partial charge in [-0.1, -0.05) is 38.1 Å². The van der Waals surface area contributed by atoms with Crippen molar-refractivity contribution in [2.24, 2.45) is 0 Å². The van der Waals surface area contributed by atoms with E-state index in [1.165, 1.54) is 11.3 Å². The summed E-state index contributed by atoms with van der Waals surface area (Å²) in [5.74, 6) is -0.0303. The van der Waals surface area contributed by atoms with E-state index < -0.39 is 0 Å². The average Bonchev–Trinajstić information content (AvgIpc) is 3.37. The number of anilines is 1. The molecule has 0 aliphatic rings. The van der Waals surface area contributed by atoms with Gasteiger partial charge in [0.05, 0.1) is 17.1 Å². The molecule has 0 saturated carbocycles. The minimum absolute atomic E-state index is 0.215. The Labute approximate surface area is 166 Å². The standard InChI is InChI=1S/C21H19N5OS/c1-14(2)17-12-19(26(25-17)15-8-4-3-5-9-15)20(27)24-21-23-18(13-28-21)16-10-6-7-11-22-16/h3-14H,1-2H3,(H,23,24,27). The van der Waals surface area contributed by atoms with Crippen molar-refractivity contribution in [1.82, 2.24) is 19.7 Å². The predicted molar refractivity (Wildman–Crippen MR) is 111 cm³/mol. The summed E-state index contributed by atoms with van der Waals surface area (Å²) >= 11 is 1.37. The third-order valence-electron chi connectivity index (χ3n) is 4.21. The number of rotatable bonds is 5. The molecule has 0 radical (unpaired) electrons. The van der Waals surface area contributed by atoms with Crippen LogP contribution in [-0.4, -0.2) is 25.7 Å². The maximum Gasteiger partial charge on any atom is 0.276 e. The summed E-state index contributed by atoms with van der Waals surface area (Å²) in [6.45, 7) is 4.11. The van der Waals surface area contributed by atoms with E-state index in [-0.39, 0.29) is 11.8 Å². The third-order valence-corrected chi connectivity index (χ3v) is 4.96. The second-order valence-electron chi connectivity index (χ2n) is 6.56. The number of carbonyl (C=O) groups is 1. The number of carbonyl (C=O) groups excluding carboxylic acids is 1. The number of amides is 1. The lowest BCUT2D eigenvalue weighted by atomic mass is 10.1. The molecule has 6 nitrogen and oxygen atoms in total. The van der Waals surface area contributed by atoms with Crippen LogP contribution < -0.4 is 5.32 Å². The fraction of sp³-hybridized carbons (Fsp3) is 0.143. The van der Waals surface area contributed by atoms with Gasteiger partial charge in [0.2, 0.25) is 0 Å². The molecule has 28 heavy (non-hydrogen) atoms. The Morgan fingerprint density at radius 1 is 1.07 bits per heavy atom. The zero-order valence-corrected chi connectivity index (χ0v) is 16.4. The second kappa shape index (κ2) is 7.74. The molecular weight excluding hydrogens is 370 g/mol. The number of para-hydroxylation sites is 1. The molecule has 0 atom stereocenters. The summed E-state index contributed by atoms with van der Waals surface area (Å²) in [6.07, 6.45) is 1.72. The molecule has 1 N–H and O–H groups in total. The topological polar surface area (TPSA) is 72.7 Å². The van der Waals surface area contributed by atoms with Crippen LogP contribution >= 0.6 is 11.3 Å². The largest absolute Gasteiger partial charge is 0.296 e. The van der Waals surface area contributed by atoms with E-state index >= 15 is 0 Å². The van der Waals surface area contributed by atoms with Crippen molar-refractivity contribution in [3.05, 3.63) is 77.6 Å². The lowest BCUT2D eigenvalue weighted by Gasteiger charge is -2.06. The van der Waals surface area contributed by atoms with Crippen LogP contribution in [0.15, 0.2) is 66.2 Å². The van der Waals surface area contributed by atoms with Crippen LogP contribution in [0.2, 0.25) is 0 Å². The highest BCUT2D eigenvalue weighted by molar-refractivity contribution is 7.14. The van der Waals surface area contributed by atoms with Gasteiger partial charge in [-0.15, -0.1) is 11.3 Å². The fourth-order valence-electron chi connectivity index (χ4n) is 2.73. The van der Waals surface area contributed by atoms with Gasteiger partial charge in [-0.25, -0.2) is 9.67 Å². The number of nitrogens with one attached hydrogen (secondary N) is 1. The van der Waals surface area contributed by atoms with Gasteiger partial charge in [-0.05, 0) is 36.2 Å². The number of pyridine rings is 1. The van der Waals surface area contributed by atoms with Crippen molar-refractivity contribution >= 4 is 22.4 Å². The van der Waals surface area contributed by atoms with Crippen LogP contribution in [0.1, 0.15) is 35.9 Å². The first-order valence-corrected chi connectivity index (χ1v) is 9.83. The van der Waals surface area contributed by atoms with Gasteiger partial charge in [0.15, 0.2) is 5.13 Å². The highest BCUT2D eigenvalue weighted by Gasteiger charge is 2.19. The van der Waals surface area contributed by atoms with E-state index in [2.05, 4.69) is 34.2 Å². The molecule has 7 heteroatoms. The minimum Gasteiger partial charge on any atom is -0.296 e. The van der Waals surface area contributed by atoms with Crippen molar-refractivity contribution in [2.75, 3.05) is 5.32 Å². The van der Waals surface area contributed by atoms with Crippen molar-refractivity contribution < 1.29 is 4.79 Å². The van der Waals surface area contributed by atoms with Crippen molar-refractivity contribution in [2.45, 2.75) is 19.8 Å². The summed E-state index contributed by atoms with van der Waals surface area (Å²) < 4.78 is 1.68. The average molecular weight is 389 g/mol. The van der Waals surface area contributed by atoms with Crippen molar-refractivity contribution in [1.29, 1.82) is 0 Å². The van der Waals surface area contributed by atoms with E-state index in [0.717, 1.165) is 22.8 Å². The second-order valence-corrected chi connectivity index (χ2v) is 7.42. The first-order valence-electron chi connectivity index (χ1n) is 8.95. The molecule has 3 aromatic heterocycles. The van der Waals surface area contributed by atoms with E-state index in [9.17, 15) is 4.79 Å². The Kier molecular flexibility index (Phi) is 4.99. The van der Waals surface area contributed by atoms with E-state index in [4.69, 9.17) is 0 Å². The molecule has 0 saturated heterocycles. The first kappa shape index (κ1) is 18.1. The smallest absolute Gasteiger partial charge is 0.276 e.